The first kappa shape index (κ1) is 17.3. The molecule has 116 valence electrons. The van der Waals surface area contributed by atoms with Gasteiger partial charge in [-0.15, -0.1) is 0 Å². The molecule has 2 N–H and O–H groups in total. The number of likely N-dealkylation sites (N-methyl/N-ethyl adjacent to an activating group) is 1. The lowest BCUT2D eigenvalue weighted by Crippen LogP contribution is -2.20. The number of halogens is 2. The van der Waals surface area contributed by atoms with Gasteiger partial charge in [-0.1, -0.05) is 6.07 Å². The third-order valence-corrected chi connectivity index (χ3v) is 4.74. The summed E-state index contributed by atoms with van der Waals surface area (Å²) in [4.78, 5) is 11.5. The summed E-state index contributed by atoms with van der Waals surface area (Å²) >= 11 is 4.26. The minimum Gasteiger partial charge on any atom is -0.507 e. The summed E-state index contributed by atoms with van der Waals surface area (Å²) < 4.78 is 7.62. The maximum atomic E-state index is 11.5. The molecule has 6 heteroatoms. The van der Waals surface area contributed by atoms with Crippen molar-refractivity contribution in [3.05, 3.63) is 48.6 Å². The number of nitrogens with one attached hydrogen (secondary N) is 1. The molecule has 0 bridgehead atoms. The van der Waals surface area contributed by atoms with Gasteiger partial charge in [0.2, 0.25) is 5.91 Å². The highest BCUT2D eigenvalue weighted by molar-refractivity contribution is 14.1. The van der Waals surface area contributed by atoms with Gasteiger partial charge in [-0.25, -0.2) is 0 Å². The van der Waals surface area contributed by atoms with Crippen molar-refractivity contribution in [3.8, 4) is 17.2 Å². The number of carbonyl (C=O) groups excluding carboxylic acids is 1. The maximum Gasteiger partial charge on any atom is 0.224 e. The van der Waals surface area contributed by atoms with E-state index >= 15 is 0 Å². The summed E-state index contributed by atoms with van der Waals surface area (Å²) in [6, 6.07) is 9.02. The van der Waals surface area contributed by atoms with Crippen molar-refractivity contribution in [1.29, 1.82) is 0 Å². The average molecular weight is 523 g/mol. The molecule has 0 atom stereocenters. The molecule has 0 heterocycles. The molecule has 0 saturated heterocycles. The van der Waals surface area contributed by atoms with Gasteiger partial charge in [0.15, 0.2) is 0 Å². The lowest BCUT2D eigenvalue weighted by atomic mass is 10.1. The lowest BCUT2D eigenvalue weighted by molar-refractivity contribution is -0.119. The molecule has 0 radical (unpaired) electrons. The van der Waals surface area contributed by atoms with E-state index < -0.39 is 0 Å². The quantitative estimate of drug-likeness (QED) is 0.597. The smallest absolute Gasteiger partial charge is 0.224 e. The van der Waals surface area contributed by atoms with Gasteiger partial charge in [-0.05, 0) is 87.5 Å². The average Bonchev–Trinajstić information content (AvgIpc) is 2.46. The van der Waals surface area contributed by atoms with Gasteiger partial charge < -0.3 is 15.2 Å². The molecule has 22 heavy (non-hydrogen) atoms. The van der Waals surface area contributed by atoms with Crippen molar-refractivity contribution in [3.63, 3.8) is 0 Å². The molecular formula is C16H15I2NO3. The second-order valence-electron chi connectivity index (χ2n) is 4.79. The zero-order chi connectivity index (χ0) is 16.3. The number of phenolic OH excluding ortho intramolecular Hbond substituents is 1. The highest BCUT2D eigenvalue weighted by Gasteiger charge is 2.11. The number of rotatable bonds is 4. The van der Waals surface area contributed by atoms with Crippen LogP contribution < -0.4 is 10.1 Å². The first-order valence-electron chi connectivity index (χ1n) is 6.56. The molecule has 0 aliphatic rings. The molecule has 2 rings (SSSR count). The molecule has 0 aromatic heterocycles. The van der Waals surface area contributed by atoms with Crippen LogP contribution in [0.4, 0.5) is 0 Å². The summed E-state index contributed by atoms with van der Waals surface area (Å²) in [5.41, 5.74) is 1.92. The monoisotopic (exact) mass is 523 g/mol. The van der Waals surface area contributed by atoms with Crippen LogP contribution in [-0.4, -0.2) is 18.1 Å². The number of benzene rings is 2. The van der Waals surface area contributed by atoms with E-state index in [1.165, 1.54) is 0 Å². The standard InChI is InChI=1S/C16H15I2NO3/c1-9-5-10(7-15(21)19-2)6-13(18)16(9)22-11-3-4-14(20)12(17)8-11/h3-6,8,20H,7H2,1-2H3,(H,19,21). The summed E-state index contributed by atoms with van der Waals surface area (Å²) in [7, 11) is 1.63. The Balaban J connectivity index is 2.28. The Morgan fingerprint density at radius 2 is 1.95 bits per heavy atom. The Kier molecular flexibility index (Phi) is 5.90. The predicted molar refractivity (Wildman–Crippen MR) is 103 cm³/mol. The number of carbonyl (C=O) groups is 1. The minimum absolute atomic E-state index is 0.0167. The van der Waals surface area contributed by atoms with E-state index in [1.807, 2.05) is 19.1 Å². The molecule has 0 spiro atoms. The van der Waals surface area contributed by atoms with Crippen LogP contribution in [0.15, 0.2) is 30.3 Å². The second kappa shape index (κ2) is 7.49. The van der Waals surface area contributed by atoms with Crippen molar-refractivity contribution in [2.45, 2.75) is 13.3 Å². The molecule has 2 aromatic carbocycles. The van der Waals surface area contributed by atoms with Crippen LogP contribution in [-0.2, 0) is 11.2 Å². The van der Waals surface area contributed by atoms with Gasteiger partial charge >= 0.3 is 0 Å². The van der Waals surface area contributed by atoms with Gasteiger partial charge in [0.25, 0.3) is 0 Å². The van der Waals surface area contributed by atoms with Crippen LogP contribution in [0.25, 0.3) is 0 Å². The number of aromatic hydroxyl groups is 1. The highest BCUT2D eigenvalue weighted by atomic mass is 127. The molecule has 0 unspecified atom stereocenters. The third kappa shape index (κ3) is 4.25. The SMILES string of the molecule is CNC(=O)Cc1cc(C)c(Oc2ccc(O)c(I)c2)c(I)c1. The van der Waals surface area contributed by atoms with Crippen LogP contribution in [0.5, 0.6) is 17.2 Å². The Morgan fingerprint density at radius 3 is 2.55 bits per heavy atom. The van der Waals surface area contributed by atoms with E-state index in [0.29, 0.717) is 12.2 Å². The topological polar surface area (TPSA) is 58.6 Å². The molecule has 0 fully saturated rings. The van der Waals surface area contributed by atoms with Crippen LogP contribution in [0.3, 0.4) is 0 Å². The van der Waals surface area contributed by atoms with E-state index in [1.54, 1.807) is 25.2 Å². The predicted octanol–water partition coefficient (Wildman–Crippen LogP) is 3.99. The first-order chi connectivity index (χ1) is 10.4. The van der Waals surface area contributed by atoms with Gasteiger partial charge in [0.1, 0.15) is 17.2 Å². The fraction of sp³-hybridized carbons (Fsp3) is 0.188. The van der Waals surface area contributed by atoms with Gasteiger partial charge in [-0.2, -0.15) is 0 Å². The van der Waals surface area contributed by atoms with Crippen molar-refractivity contribution < 1.29 is 14.6 Å². The third-order valence-electron chi connectivity index (χ3n) is 3.07. The van der Waals surface area contributed by atoms with Crippen LogP contribution in [0.2, 0.25) is 0 Å². The lowest BCUT2D eigenvalue weighted by Gasteiger charge is -2.13. The summed E-state index contributed by atoms with van der Waals surface area (Å²) in [5.74, 6) is 1.65. The van der Waals surface area contributed by atoms with Crippen LogP contribution in [0.1, 0.15) is 11.1 Å². The number of hydrogen-bond donors (Lipinski definition) is 2. The summed E-state index contributed by atoms with van der Waals surface area (Å²) in [6.45, 7) is 1.95. The Morgan fingerprint density at radius 1 is 1.23 bits per heavy atom. The van der Waals surface area contributed by atoms with Crippen LogP contribution in [0, 0.1) is 14.1 Å². The van der Waals surface area contributed by atoms with E-state index in [9.17, 15) is 9.90 Å². The molecule has 0 aliphatic carbocycles. The molecule has 1 amide bonds. The van der Waals surface area contributed by atoms with E-state index in [-0.39, 0.29) is 11.7 Å². The van der Waals surface area contributed by atoms with Crippen molar-refractivity contribution >= 4 is 51.1 Å². The fourth-order valence-corrected chi connectivity index (χ4v) is 3.40. The van der Waals surface area contributed by atoms with Crippen molar-refractivity contribution in [1.82, 2.24) is 5.32 Å². The summed E-state index contributed by atoms with van der Waals surface area (Å²) in [6.07, 6.45) is 0.352. The Labute approximate surface area is 156 Å². The Hall–Kier alpha value is -1.03. The normalized spacial score (nSPS) is 10.4. The van der Waals surface area contributed by atoms with Crippen molar-refractivity contribution in [2.75, 3.05) is 7.05 Å². The zero-order valence-corrected chi connectivity index (χ0v) is 16.4. The second-order valence-corrected chi connectivity index (χ2v) is 7.11. The fourth-order valence-electron chi connectivity index (χ4n) is 1.98. The summed E-state index contributed by atoms with van der Waals surface area (Å²) in [5, 5.41) is 12.2. The minimum atomic E-state index is -0.0167. The number of hydrogen-bond acceptors (Lipinski definition) is 3. The van der Waals surface area contributed by atoms with Crippen LogP contribution >= 0.6 is 45.2 Å². The Bertz CT molecular complexity index is 694. The number of aryl methyl sites for hydroxylation is 1. The van der Waals surface area contributed by atoms with Gasteiger partial charge in [-0.3, -0.25) is 4.79 Å². The number of ether oxygens (including phenoxy) is 1. The molecular weight excluding hydrogens is 508 g/mol. The number of amides is 1. The van der Waals surface area contributed by atoms with Gasteiger partial charge in [0, 0.05) is 7.05 Å². The van der Waals surface area contributed by atoms with E-state index in [0.717, 1.165) is 24.0 Å². The van der Waals surface area contributed by atoms with Crippen molar-refractivity contribution in [2.24, 2.45) is 0 Å². The number of phenols is 1. The molecule has 0 saturated carbocycles. The van der Waals surface area contributed by atoms with E-state index in [2.05, 4.69) is 50.5 Å². The molecule has 2 aromatic rings. The highest BCUT2D eigenvalue weighted by Crippen LogP contribution is 2.33. The van der Waals surface area contributed by atoms with Gasteiger partial charge in [0.05, 0.1) is 13.6 Å². The first-order valence-corrected chi connectivity index (χ1v) is 8.72. The largest absolute Gasteiger partial charge is 0.507 e. The molecule has 0 aliphatic heterocycles. The zero-order valence-electron chi connectivity index (χ0n) is 12.1. The molecule has 4 nitrogen and oxygen atoms in total. The van der Waals surface area contributed by atoms with E-state index in [4.69, 9.17) is 4.74 Å². The maximum absolute atomic E-state index is 11.5.